The van der Waals surface area contributed by atoms with Gasteiger partial charge in [0.15, 0.2) is 11.5 Å². The van der Waals surface area contributed by atoms with Gasteiger partial charge in [-0.1, -0.05) is 5.16 Å². The molecular formula is C23H26N4O6. The Bertz CT molecular complexity index is 1120. The number of hydrogen-bond acceptors (Lipinski definition) is 8. The number of methoxy groups -OCH3 is 3. The monoisotopic (exact) mass is 454 g/mol. The van der Waals surface area contributed by atoms with Gasteiger partial charge in [-0.05, 0) is 30.3 Å². The minimum Gasteiger partial charge on any atom is -0.497 e. The number of aromatic nitrogens is 2. The molecule has 0 unspecified atom stereocenters. The van der Waals surface area contributed by atoms with Crippen LogP contribution >= 0.6 is 0 Å². The van der Waals surface area contributed by atoms with E-state index in [0.717, 1.165) is 11.3 Å². The molecule has 3 rings (SSSR count). The third kappa shape index (κ3) is 5.59. The second kappa shape index (κ2) is 10.5. The van der Waals surface area contributed by atoms with Crippen LogP contribution in [0.3, 0.4) is 0 Å². The highest BCUT2D eigenvalue weighted by molar-refractivity contribution is 6.04. The molecule has 2 aromatic carbocycles. The second-order valence-electron chi connectivity index (χ2n) is 7.24. The Hall–Kier alpha value is -4.08. The van der Waals surface area contributed by atoms with Crippen LogP contribution in [0.1, 0.15) is 22.7 Å². The average molecular weight is 454 g/mol. The summed E-state index contributed by atoms with van der Waals surface area (Å²) in [5.74, 6) is 1.65. The van der Waals surface area contributed by atoms with E-state index in [9.17, 15) is 9.59 Å². The maximum absolute atomic E-state index is 12.6. The standard InChI is InChI=1S/C23H26N4O6/c1-27(2)23(29)16-12-18(31-4)19(32-5)13-17(16)24-20(28)10-11-21-25-22(26-33-21)14-6-8-15(30-3)9-7-14/h6-9,12-13H,10-11H2,1-5H3,(H,24,28). The number of carbonyl (C=O) groups is 2. The van der Waals surface area contributed by atoms with Gasteiger partial charge in [-0.3, -0.25) is 9.59 Å². The number of carbonyl (C=O) groups excluding carboxylic acids is 2. The molecule has 0 atom stereocenters. The van der Waals surface area contributed by atoms with Gasteiger partial charge in [-0.15, -0.1) is 0 Å². The number of anilines is 1. The summed E-state index contributed by atoms with van der Waals surface area (Å²) >= 11 is 0. The van der Waals surface area contributed by atoms with Gasteiger partial charge in [0.1, 0.15) is 5.75 Å². The van der Waals surface area contributed by atoms with Gasteiger partial charge in [0.25, 0.3) is 5.91 Å². The fraction of sp³-hybridized carbons (Fsp3) is 0.304. The molecule has 1 N–H and O–H groups in total. The predicted molar refractivity (Wildman–Crippen MR) is 121 cm³/mol. The Kier molecular flexibility index (Phi) is 7.50. The van der Waals surface area contributed by atoms with E-state index in [1.165, 1.54) is 25.2 Å². The SMILES string of the molecule is COc1ccc(-c2noc(CCC(=O)Nc3cc(OC)c(OC)cc3C(=O)N(C)C)n2)cc1. The molecule has 0 aliphatic heterocycles. The first kappa shape index (κ1) is 23.6. The molecule has 0 radical (unpaired) electrons. The van der Waals surface area contributed by atoms with Gasteiger partial charge >= 0.3 is 0 Å². The summed E-state index contributed by atoms with van der Waals surface area (Å²) in [5.41, 5.74) is 1.37. The number of aryl methyl sites for hydroxylation is 1. The van der Waals surface area contributed by atoms with E-state index in [-0.39, 0.29) is 30.2 Å². The summed E-state index contributed by atoms with van der Waals surface area (Å²) < 4.78 is 21.0. The predicted octanol–water partition coefficient (Wildman–Crippen LogP) is 3.04. The number of benzene rings is 2. The highest BCUT2D eigenvalue weighted by atomic mass is 16.5. The number of amides is 2. The van der Waals surface area contributed by atoms with E-state index < -0.39 is 0 Å². The lowest BCUT2D eigenvalue weighted by Gasteiger charge is -2.17. The molecule has 0 aliphatic carbocycles. The van der Waals surface area contributed by atoms with E-state index >= 15 is 0 Å². The zero-order chi connectivity index (χ0) is 24.0. The molecule has 10 nitrogen and oxygen atoms in total. The smallest absolute Gasteiger partial charge is 0.255 e. The van der Waals surface area contributed by atoms with Crippen molar-refractivity contribution >= 4 is 17.5 Å². The van der Waals surface area contributed by atoms with Crippen LogP contribution < -0.4 is 19.5 Å². The molecule has 1 aromatic heterocycles. The number of ether oxygens (including phenoxy) is 3. The van der Waals surface area contributed by atoms with Gasteiger partial charge < -0.3 is 29.0 Å². The van der Waals surface area contributed by atoms with Gasteiger partial charge in [-0.2, -0.15) is 4.98 Å². The summed E-state index contributed by atoms with van der Waals surface area (Å²) in [6, 6.07) is 10.3. The normalized spacial score (nSPS) is 10.5. The molecule has 0 saturated heterocycles. The number of hydrogen-bond donors (Lipinski definition) is 1. The van der Waals surface area contributed by atoms with Crippen molar-refractivity contribution in [1.29, 1.82) is 0 Å². The Morgan fingerprint density at radius 3 is 2.27 bits per heavy atom. The molecule has 2 amide bonds. The minimum absolute atomic E-state index is 0.0776. The summed E-state index contributed by atoms with van der Waals surface area (Å²) in [5, 5.41) is 6.73. The van der Waals surface area contributed by atoms with Crippen LogP contribution in [0.4, 0.5) is 5.69 Å². The highest BCUT2D eigenvalue weighted by Gasteiger charge is 2.20. The Balaban J connectivity index is 1.70. The lowest BCUT2D eigenvalue weighted by Crippen LogP contribution is -2.24. The summed E-state index contributed by atoms with van der Waals surface area (Å²) in [7, 11) is 7.80. The fourth-order valence-electron chi connectivity index (χ4n) is 3.05. The van der Waals surface area contributed by atoms with Gasteiger partial charge in [0.2, 0.25) is 17.6 Å². The van der Waals surface area contributed by atoms with E-state index in [2.05, 4.69) is 15.5 Å². The van der Waals surface area contributed by atoms with Crippen molar-refractivity contribution in [3.63, 3.8) is 0 Å². The topological polar surface area (TPSA) is 116 Å². The van der Waals surface area contributed by atoms with Crippen LogP contribution in [0.2, 0.25) is 0 Å². The molecule has 0 bridgehead atoms. The minimum atomic E-state index is -0.320. The van der Waals surface area contributed by atoms with E-state index in [0.29, 0.717) is 28.9 Å². The van der Waals surface area contributed by atoms with Crippen LogP contribution in [0, 0.1) is 0 Å². The molecule has 0 fully saturated rings. The maximum Gasteiger partial charge on any atom is 0.255 e. The lowest BCUT2D eigenvalue weighted by atomic mass is 10.1. The van der Waals surface area contributed by atoms with Gasteiger partial charge in [0.05, 0.1) is 32.6 Å². The molecule has 1 heterocycles. The first-order valence-corrected chi connectivity index (χ1v) is 10.1. The largest absolute Gasteiger partial charge is 0.497 e. The first-order valence-electron chi connectivity index (χ1n) is 10.1. The fourth-order valence-corrected chi connectivity index (χ4v) is 3.05. The third-order valence-corrected chi connectivity index (χ3v) is 4.82. The maximum atomic E-state index is 12.6. The Morgan fingerprint density at radius 1 is 1.00 bits per heavy atom. The zero-order valence-electron chi connectivity index (χ0n) is 19.2. The number of rotatable bonds is 9. The van der Waals surface area contributed by atoms with Crippen molar-refractivity contribution < 1.29 is 28.3 Å². The van der Waals surface area contributed by atoms with Crippen molar-refractivity contribution in [2.45, 2.75) is 12.8 Å². The van der Waals surface area contributed by atoms with E-state index in [1.54, 1.807) is 39.4 Å². The van der Waals surface area contributed by atoms with Crippen LogP contribution in [0.5, 0.6) is 17.2 Å². The quantitative estimate of drug-likeness (QED) is 0.525. The zero-order valence-corrected chi connectivity index (χ0v) is 19.2. The van der Waals surface area contributed by atoms with Crippen LogP contribution in [0.15, 0.2) is 40.9 Å². The lowest BCUT2D eigenvalue weighted by molar-refractivity contribution is -0.116. The van der Waals surface area contributed by atoms with E-state index in [4.69, 9.17) is 18.7 Å². The molecule has 174 valence electrons. The molecule has 0 spiro atoms. The van der Waals surface area contributed by atoms with Crippen molar-refractivity contribution in [3.8, 4) is 28.6 Å². The molecule has 33 heavy (non-hydrogen) atoms. The summed E-state index contributed by atoms with van der Waals surface area (Å²) in [6.07, 6.45) is 0.313. The molecular weight excluding hydrogens is 428 g/mol. The van der Waals surface area contributed by atoms with Gasteiger partial charge in [-0.25, -0.2) is 0 Å². The van der Waals surface area contributed by atoms with Crippen LogP contribution in [-0.2, 0) is 11.2 Å². The van der Waals surface area contributed by atoms with Crippen molar-refractivity contribution in [2.24, 2.45) is 0 Å². The van der Waals surface area contributed by atoms with Crippen molar-refractivity contribution in [2.75, 3.05) is 40.7 Å². The molecule has 0 saturated carbocycles. The molecule has 0 aliphatic rings. The summed E-state index contributed by atoms with van der Waals surface area (Å²) in [6.45, 7) is 0. The number of nitrogens with zero attached hydrogens (tertiary/aromatic N) is 3. The Labute approximate surface area is 191 Å². The van der Waals surface area contributed by atoms with Crippen LogP contribution in [-0.4, -0.2) is 62.3 Å². The highest BCUT2D eigenvalue weighted by Crippen LogP contribution is 2.34. The Morgan fingerprint density at radius 2 is 1.67 bits per heavy atom. The van der Waals surface area contributed by atoms with Gasteiger partial charge in [0, 0.05) is 38.6 Å². The molecule has 3 aromatic rings. The third-order valence-electron chi connectivity index (χ3n) is 4.82. The van der Waals surface area contributed by atoms with E-state index in [1.807, 2.05) is 12.1 Å². The molecule has 10 heteroatoms. The van der Waals surface area contributed by atoms with Crippen molar-refractivity contribution in [1.82, 2.24) is 15.0 Å². The average Bonchev–Trinajstić information content (AvgIpc) is 3.31. The second-order valence-corrected chi connectivity index (χ2v) is 7.24. The first-order chi connectivity index (χ1) is 15.9. The van der Waals surface area contributed by atoms with Crippen LogP contribution in [0.25, 0.3) is 11.4 Å². The summed E-state index contributed by atoms with van der Waals surface area (Å²) in [4.78, 5) is 31.0. The number of nitrogens with one attached hydrogen (secondary N) is 1. The van der Waals surface area contributed by atoms with Crippen molar-refractivity contribution in [3.05, 3.63) is 47.9 Å².